The lowest BCUT2D eigenvalue weighted by molar-refractivity contribution is 0.953. The number of rotatable bonds is 7. The van der Waals surface area contributed by atoms with Crippen LogP contribution in [0.2, 0.25) is 0 Å². The highest BCUT2D eigenvalue weighted by Gasteiger charge is 2.20. The van der Waals surface area contributed by atoms with Crippen molar-refractivity contribution in [3.05, 3.63) is 237 Å². The van der Waals surface area contributed by atoms with Crippen molar-refractivity contribution in [2.24, 2.45) is 0 Å². The maximum atomic E-state index is 5.17. The van der Waals surface area contributed by atoms with E-state index in [1.165, 1.54) is 10.8 Å². The Hall–Kier alpha value is -9.46. The van der Waals surface area contributed by atoms with Crippen molar-refractivity contribution in [3.8, 4) is 62.4 Å². The van der Waals surface area contributed by atoms with Crippen molar-refractivity contribution in [1.82, 2.24) is 33.6 Å². The van der Waals surface area contributed by atoms with Gasteiger partial charge in [-0.05, 0) is 101 Å². The van der Waals surface area contributed by atoms with Crippen molar-refractivity contribution in [1.29, 1.82) is 0 Å². The molecule has 7 nitrogen and oxygen atoms in total. The summed E-state index contributed by atoms with van der Waals surface area (Å²) in [4.78, 5) is 20.2. The zero-order valence-electron chi connectivity index (χ0n) is 37.1. The second-order valence-electron chi connectivity index (χ2n) is 17.5. The number of benzene rings is 9. The summed E-state index contributed by atoms with van der Waals surface area (Å²) >= 11 is 0. The molecule has 0 N–H and O–H groups in total. The molecule has 0 aliphatic rings. The Balaban J connectivity index is 0.873. The van der Waals surface area contributed by atoms with Crippen molar-refractivity contribution in [2.75, 3.05) is 0 Å². The molecule has 14 aromatic rings. The average molecular weight is 882 g/mol. The lowest BCUT2D eigenvalue weighted by atomic mass is 10.0. The minimum atomic E-state index is 0.573. The third-order valence-corrected chi connectivity index (χ3v) is 13.6. The largest absolute Gasteiger partial charge is 0.309 e. The van der Waals surface area contributed by atoms with Crippen LogP contribution < -0.4 is 0 Å². The van der Waals surface area contributed by atoms with Gasteiger partial charge in [0.1, 0.15) is 0 Å². The Labute approximate surface area is 396 Å². The van der Waals surface area contributed by atoms with Gasteiger partial charge < -0.3 is 9.13 Å². The standard InChI is InChI=1S/C62H39N7/c1-4-15-41(16-5-1)60-64-61(42-17-6-2-7-18-42)66-62(65-60)69-54-24-13-10-21-48(54)50-33-28-45(39-58(50)69)44-30-34-55-51(37-44)49-22-11-12-23-53(49)67(55)47-31-26-40(27-32-47)43-29-35-56-52(38-43)59-57(25-14-36-63-59)68(56)46-19-8-3-9-20-46/h1-39H. The summed E-state index contributed by atoms with van der Waals surface area (Å²) in [6, 6.07) is 81.5. The molecule has 0 atom stereocenters. The van der Waals surface area contributed by atoms with Crippen LogP contribution in [0.5, 0.6) is 0 Å². The molecule has 322 valence electrons. The maximum absolute atomic E-state index is 5.17. The van der Waals surface area contributed by atoms with Gasteiger partial charge in [-0.1, -0.05) is 152 Å². The van der Waals surface area contributed by atoms with E-state index in [0.29, 0.717) is 17.6 Å². The zero-order chi connectivity index (χ0) is 45.4. The van der Waals surface area contributed by atoms with Gasteiger partial charge in [-0.3, -0.25) is 9.55 Å². The lowest BCUT2D eigenvalue weighted by Crippen LogP contribution is -2.06. The summed E-state index contributed by atoms with van der Waals surface area (Å²) in [6.45, 7) is 0. The van der Waals surface area contributed by atoms with Crippen LogP contribution in [0.3, 0.4) is 0 Å². The predicted molar refractivity (Wildman–Crippen MR) is 282 cm³/mol. The Kier molecular flexibility index (Phi) is 8.75. The van der Waals surface area contributed by atoms with Gasteiger partial charge in [-0.25, -0.2) is 4.98 Å². The third kappa shape index (κ3) is 6.29. The Morgan fingerprint density at radius 3 is 1.42 bits per heavy atom. The Morgan fingerprint density at radius 1 is 0.261 bits per heavy atom. The molecule has 7 heteroatoms. The van der Waals surface area contributed by atoms with Crippen molar-refractivity contribution in [3.63, 3.8) is 0 Å². The maximum Gasteiger partial charge on any atom is 0.238 e. The molecule has 0 saturated carbocycles. The fourth-order valence-electron chi connectivity index (χ4n) is 10.4. The molecule has 0 aliphatic carbocycles. The highest BCUT2D eigenvalue weighted by atomic mass is 15.2. The van der Waals surface area contributed by atoms with Gasteiger partial charge in [0.05, 0.1) is 38.6 Å². The van der Waals surface area contributed by atoms with Gasteiger partial charge in [0.25, 0.3) is 0 Å². The normalized spacial score (nSPS) is 11.8. The number of aromatic nitrogens is 7. The average Bonchev–Trinajstić information content (AvgIpc) is 4.06. The van der Waals surface area contributed by atoms with Crippen LogP contribution in [0.15, 0.2) is 237 Å². The molecule has 0 bridgehead atoms. The summed E-state index contributed by atoms with van der Waals surface area (Å²) in [5.41, 5.74) is 16.2. The Morgan fingerprint density at radius 2 is 0.725 bits per heavy atom. The van der Waals surface area contributed by atoms with Crippen LogP contribution in [0.4, 0.5) is 0 Å². The molecule has 5 heterocycles. The number of hydrogen-bond donors (Lipinski definition) is 0. The van der Waals surface area contributed by atoms with E-state index in [4.69, 9.17) is 19.9 Å². The monoisotopic (exact) mass is 881 g/mol. The van der Waals surface area contributed by atoms with Gasteiger partial charge in [0.2, 0.25) is 5.95 Å². The minimum absolute atomic E-state index is 0.573. The molecule has 14 rings (SSSR count). The second kappa shape index (κ2) is 15.6. The van der Waals surface area contributed by atoms with Crippen LogP contribution in [0, 0.1) is 0 Å². The molecule has 69 heavy (non-hydrogen) atoms. The first-order valence-electron chi connectivity index (χ1n) is 23.2. The van der Waals surface area contributed by atoms with Crippen molar-refractivity contribution in [2.45, 2.75) is 0 Å². The molecular weight excluding hydrogens is 843 g/mol. The van der Waals surface area contributed by atoms with E-state index in [-0.39, 0.29) is 0 Å². The van der Waals surface area contributed by atoms with Gasteiger partial charge >= 0.3 is 0 Å². The number of para-hydroxylation sites is 3. The number of pyridine rings is 1. The highest BCUT2D eigenvalue weighted by Crippen LogP contribution is 2.40. The van der Waals surface area contributed by atoms with Gasteiger partial charge in [-0.15, -0.1) is 0 Å². The third-order valence-electron chi connectivity index (χ3n) is 13.6. The van der Waals surface area contributed by atoms with Crippen LogP contribution in [-0.4, -0.2) is 33.6 Å². The molecule has 5 aromatic heterocycles. The summed E-state index contributed by atoms with van der Waals surface area (Å²) in [5, 5.41) is 5.80. The number of hydrogen-bond acceptors (Lipinski definition) is 4. The molecular formula is C62H39N7. The topological polar surface area (TPSA) is 66.3 Å². The van der Waals surface area contributed by atoms with Crippen LogP contribution in [-0.2, 0) is 0 Å². The molecule has 0 aliphatic heterocycles. The van der Waals surface area contributed by atoms with Gasteiger partial charge in [0.15, 0.2) is 11.6 Å². The molecule has 0 unspecified atom stereocenters. The number of nitrogens with zero attached hydrogens (tertiary/aromatic N) is 7. The first-order valence-corrected chi connectivity index (χ1v) is 23.2. The SMILES string of the molecule is c1ccc(-c2nc(-c3ccccc3)nc(-n3c4ccccc4c4ccc(-c5ccc6c(c5)c5ccccc5n6-c5ccc(-c6ccc7c(c6)c6ncccc6n7-c6ccccc6)cc5)cc43)n2)cc1. The molecule has 0 amide bonds. The van der Waals surface area contributed by atoms with E-state index >= 15 is 0 Å². The van der Waals surface area contributed by atoms with E-state index in [1.54, 1.807) is 0 Å². The van der Waals surface area contributed by atoms with Gasteiger partial charge in [0, 0.05) is 55.6 Å². The second-order valence-corrected chi connectivity index (χ2v) is 17.5. The smallest absolute Gasteiger partial charge is 0.238 e. The summed E-state index contributed by atoms with van der Waals surface area (Å²) in [6.07, 6.45) is 1.88. The van der Waals surface area contributed by atoms with Crippen LogP contribution >= 0.6 is 0 Å². The van der Waals surface area contributed by atoms with E-state index in [0.717, 1.165) is 99.5 Å². The van der Waals surface area contributed by atoms with Gasteiger partial charge in [-0.2, -0.15) is 9.97 Å². The lowest BCUT2D eigenvalue weighted by Gasteiger charge is -2.12. The molecule has 9 aromatic carbocycles. The predicted octanol–water partition coefficient (Wildman–Crippen LogP) is 15.2. The minimum Gasteiger partial charge on any atom is -0.309 e. The number of fused-ring (bicyclic) bond motifs is 9. The summed E-state index contributed by atoms with van der Waals surface area (Å²) < 4.78 is 6.88. The molecule has 0 saturated heterocycles. The zero-order valence-corrected chi connectivity index (χ0v) is 37.1. The molecule has 0 fully saturated rings. The Bertz CT molecular complexity index is 4230. The molecule has 0 radical (unpaired) electrons. The fourth-order valence-corrected chi connectivity index (χ4v) is 10.4. The quantitative estimate of drug-likeness (QED) is 0.160. The van der Waals surface area contributed by atoms with Crippen molar-refractivity contribution >= 4 is 65.5 Å². The molecule has 0 spiro atoms. The van der Waals surface area contributed by atoms with E-state index in [2.05, 4.69) is 177 Å². The van der Waals surface area contributed by atoms with Crippen LogP contribution in [0.25, 0.3) is 128 Å². The summed E-state index contributed by atoms with van der Waals surface area (Å²) in [5.74, 6) is 1.82. The van der Waals surface area contributed by atoms with Crippen molar-refractivity contribution < 1.29 is 0 Å². The highest BCUT2D eigenvalue weighted by molar-refractivity contribution is 6.13. The van der Waals surface area contributed by atoms with Crippen LogP contribution in [0.1, 0.15) is 0 Å². The first-order chi connectivity index (χ1) is 34.2. The fraction of sp³-hybridized carbons (Fsp3) is 0. The van der Waals surface area contributed by atoms with E-state index in [9.17, 15) is 0 Å². The van der Waals surface area contributed by atoms with E-state index in [1.807, 2.05) is 72.9 Å². The first kappa shape index (κ1) is 38.8. The van der Waals surface area contributed by atoms with E-state index < -0.39 is 0 Å². The summed E-state index contributed by atoms with van der Waals surface area (Å²) in [7, 11) is 0.